The van der Waals surface area contributed by atoms with Gasteiger partial charge in [0, 0.05) is 44.2 Å². The minimum absolute atomic E-state index is 0.261. The largest absolute Gasteiger partial charge is 0.357 e. The van der Waals surface area contributed by atoms with Crippen LogP contribution in [0, 0.1) is 11.3 Å². The van der Waals surface area contributed by atoms with E-state index in [4.69, 9.17) is 14.7 Å². The number of nitrogens with one attached hydrogen (secondary N) is 1. The van der Waals surface area contributed by atoms with Gasteiger partial charge in [-0.2, -0.15) is 5.26 Å². The van der Waals surface area contributed by atoms with Crippen molar-refractivity contribution in [2.45, 2.75) is 56.4 Å². The molecule has 1 aromatic rings. The maximum Gasteiger partial charge on any atom is 0.168 e. The SMILES string of the molecule is N#Cc1ccc(N2CCC(NC3CCC4(CC3)OCCO4)CC2)nc1. The van der Waals surface area contributed by atoms with Crippen LogP contribution in [0.4, 0.5) is 5.82 Å². The van der Waals surface area contributed by atoms with Crippen LogP contribution in [-0.4, -0.2) is 49.2 Å². The molecule has 25 heavy (non-hydrogen) atoms. The molecule has 0 unspecified atom stereocenters. The number of piperidine rings is 1. The van der Waals surface area contributed by atoms with E-state index in [1.807, 2.05) is 12.1 Å². The first kappa shape index (κ1) is 16.8. The molecule has 4 rings (SSSR count). The Morgan fingerprint density at radius 3 is 2.36 bits per heavy atom. The molecule has 3 fully saturated rings. The Bertz CT molecular complexity index is 603. The summed E-state index contributed by atoms with van der Waals surface area (Å²) in [4.78, 5) is 6.72. The summed E-state index contributed by atoms with van der Waals surface area (Å²) in [5.74, 6) is 0.718. The second-order valence-electron chi connectivity index (χ2n) is 7.33. The van der Waals surface area contributed by atoms with Gasteiger partial charge >= 0.3 is 0 Å². The molecule has 6 nitrogen and oxygen atoms in total. The molecule has 0 aromatic carbocycles. The maximum absolute atomic E-state index is 8.87. The van der Waals surface area contributed by atoms with Crippen molar-refractivity contribution in [3.05, 3.63) is 23.9 Å². The molecule has 3 aliphatic rings. The Hall–Kier alpha value is -1.68. The highest BCUT2D eigenvalue weighted by atomic mass is 16.7. The third-order valence-corrected chi connectivity index (χ3v) is 5.73. The van der Waals surface area contributed by atoms with Gasteiger partial charge in [0.1, 0.15) is 11.9 Å². The molecular formula is C19H26N4O2. The lowest BCUT2D eigenvalue weighted by Gasteiger charge is -2.39. The zero-order chi connectivity index (χ0) is 17.1. The Kier molecular flexibility index (Phi) is 4.89. The average molecular weight is 342 g/mol. The number of rotatable bonds is 3. The number of pyridine rings is 1. The van der Waals surface area contributed by atoms with Crippen molar-refractivity contribution in [1.82, 2.24) is 10.3 Å². The lowest BCUT2D eigenvalue weighted by atomic mass is 9.89. The summed E-state index contributed by atoms with van der Waals surface area (Å²) in [5.41, 5.74) is 0.616. The van der Waals surface area contributed by atoms with Gasteiger partial charge in [0.15, 0.2) is 5.79 Å². The van der Waals surface area contributed by atoms with Gasteiger partial charge < -0.3 is 19.7 Å². The molecule has 1 spiro atoms. The molecule has 134 valence electrons. The van der Waals surface area contributed by atoms with Gasteiger partial charge in [-0.1, -0.05) is 0 Å². The van der Waals surface area contributed by atoms with Crippen molar-refractivity contribution < 1.29 is 9.47 Å². The van der Waals surface area contributed by atoms with E-state index in [1.165, 1.54) is 0 Å². The smallest absolute Gasteiger partial charge is 0.168 e. The minimum Gasteiger partial charge on any atom is -0.357 e. The quantitative estimate of drug-likeness (QED) is 0.908. The van der Waals surface area contributed by atoms with Crippen LogP contribution in [0.2, 0.25) is 0 Å². The number of hydrogen-bond donors (Lipinski definition) is 1. The van der Waals surface area contributed by atoms with E-state index in [2.05, 4.69) is 21.3 Å². The van der Waals surface area contributed by atoms with Gasteiger partial charge in [-0.25, -0.2) is 4.98 Å². The molecule has 2 aliphatic heterocycles. The molecule has 0 radical (unpaired) electrons. The molecule has 1 saturated carbocycles. The third kappa shape index (κ3) is 3.79. The van der Waals surface area contributed by atoms with E-state index in [-0.39, 0.29) is 5.79 Å². The first-order valence-corrected chi connectivity index (χ1v) is 9.41. The summed E-state index contributed by atoms with van der Waals surface area (Å²) in [6.45, 7) is 3.53. The van der Waals surface area contributed by atoms with Gasteiger partial charge in [0.25, 0.3) is 0 Å². The fourth-order valence-corrected chi connectivity index (χ4v) is 4.26. The van der Waals surface area contributed by atoms with Gasteiger partial charge in [-0.15, -0.1) is 0 Å². The Morgan fingerprint density at radius 2 is 1.76 bits per heavy atom. The van der Waals surface area contributed by atoms with Crippen molar-refractivity contribution >= 4 is 5.82 Å². The van der Waals surface area contributed by atoms with Crippen molar-refractivity contribution in [3.8, 4) is 6.07 Å². The van der Waals surface area contributed by atoms with Crippen LogP contribution >= 0.6 is 0 Å². The predicted molar refractivity (Wildman–Crippen MR) is 94.2 cm³/mol. The van der Waals surface area contributed by atoms with Gasteiger partial charge in [0.05, 0.1) is 18.8 Å². The number of anilines is 1. The zero-order valence-electron chi connectivity index (χ0n) is 14.6. The van der Waals surface area contributed by atoms with Crippen LogP contribution in [0.5, 0.6) is 0 Å². The Labute approximate surface area is 149 Å². The minimum atomic E-state index is -0.261. The van der Waals surface area contributed by atoms with E-state index >= 15 is 0 Å². The summed E-state index contributed by atoms with van der Waals surface area (Å²) >= 11 is 0. The van der Waals surface area contributed by atoms with Crippen molar-refractivity contribution in [2.75, 3.05) is 31.2 Å². The van der Waals surface area contributed by atoms with Crippen LogP contribution < -0.4 is 10.2 Å². The number of nitrogens with zero attached hydrogens (tertiary/aromatic N) is 3. The van der Waals surface area contributed by atoms with E-state index in [9.17, 15) is 0 Å². The highest BCUT2D eigenvalue weighted by molar-refractivity contribution is 5.42. The van der Waals surface area contributed by atoms with Crippen molar-refractivity contribution in [2.24, 2.45) is 0 Å². The molecule has 3 heterocycles. The molecule has 6 heteroatoms. The molecular weight excluding hydrogens is 316 g/mol. The number of hydrogen-bond acceptors (Lipinski definition) is 6. The Morgan fingerprint density at radius 1 is 1.08 bits per heavy atom. The maximum atomic E-state index is 8.87. The zero-order valence-corrected chi connectivity index (χ0v) is 14.6. The van der Waals surface area contributed by atoms with Gasteiger partial charge in [0.2, 0.25) is 0 Å². The molecule has 0 bridgehead atoms. The average Bonchev–Trinajstić information content (AvgIpc) is 3.13. The van der Waals surface area contributed by atoms with Crippen LogP contribution in [0.25, 0.3) is 0 Å². The Balaban J connectivity index is 1.23. The second-order valence-corrected chi connectivity index (χ2v) is 7.33. The second kappa shape index (κ2) is 7.28. The first-order valence-electron chi connectivity index (χ1n) is 9.41. The normalized spacial score (nSPS) is 24.5. The van der Waals surface area contributed by atoms with Crippen LogP contribution in [-0.2, 0) is 9.47 Å². The standard InChI is InChI=1S/C19H26N4O2/c20-13-15-1-2-18(21-14-15)23-9-5-17(6-10-23)22-16-3-7-19(8-4-16)24-11-12-25-19/h1-2,14,16-17,22H,3-12H2. The summed E-state index contributed by atoms with van der Waals surface area (Å²) in [7, 11) is 0. The fraction of sp³-hybridized carbons (Fsp3) is 0.684. The van der Waals surface area contributed by atoms with E-state index in [1.54, 1.807) is 6.20 Å². The molecule has 0 atom stereocenters. The lowest BCUT2D eigenvalue weighted by Crippen LogP contribution is -2.49. The highest BCUT2D eigenvalue weighted by Gasteiger charge is 2.40. The van der Waals surface area contributed by atoms with E-state index < -0.39 is 0 Å². The molecule has 2 saturated heterocycles. The lowest BCUT2D eigenvalue weighted by molar-refractivity contribution is -0.179. The van der Waals surface area contributed by atoms with E-state index in [0.717, 1.165) is 70.6 Å². The third-order valence-electron chi connectivity index (χ3n) is 5.73. The van der Waals surface area contributed by atoms with Gasteiger partial charge in [-0.3, -0.25) is 0 Å². The fourth-order valence-electron chi connectivity index (χ4n) is 4.26. The number of nitriles is 1. The van der Waals surface area contributed by atoms with Crippen molar-refractivity contribution in [1.29, 1.82) is 5.26 Å². The van der Waals surface area contributed by atoms with Crippen LogP contribution in [0.3, 0.4) is 0 Å². The van der Waals surface area contributed by atoms with Gasteiger partial charge in [-0.05, 0) is 37.8 Å². The topological polar surface area (TPSA) is 70.4 Å². The molecule has 1 N–H and O–H groups in total. The van der Waals surface area contributed by atoms with Crippen LogP contribution in [0.15, 0.2) is 18.3 Å². The van der Waals surface area contributed by atoms with E-state index in [0.29, 0.717) is 17.6 Å². The monoisotopic (exact) mass is 342 g/mol. The predicted octanol–water partition coefficient (Wildman–Crippen LogP) is 2.20. The summed E-state index contributed by atoms with van der Waals surface area (Å²) in [6, 6.07) is 7.09. The molecule has 1 aliphatic carbocycles. The number of ether oxygens (including phenoxy) is 2. The van der Waals surface area contributed by atoms with Crippen molar-refractivity contribution in [3.63, 3.8) is 0 Å². The summed E-state index contributed by atoms with van der Waals surface area (Å²) in [5, 5.41) is 12.7. The summed E-state index contributed by atoms with van der Waals surface area (Å²) < 4.78 is 11.6. The molecule has 1 aromatic heterocycles. The first-order chi connectivity index (χ1) is 12.3. The van der Waals surface area contributed by atoms with Crippen LogP contribution in [0.1, 0.15) is 44.1 Å². The number of aromatic nitrogens is 1. The molecule has 0 amide bonds. The summed E-state index contributed by atoms with van der Waals surface area (Å²) in [6.07, 6.45) is 8.23. The highest BCUT2D eigenvalue weighted by Crippen LogP contribution is 2.36.